The van der Waals surface area contributed by atoms with Gasteiger partial charge in [0.2, 0.25) is 5.95 Å². The maximum Gasteiger partial charge on any atom is 0.222 e. The summed E-state index contributed by atoms with van der Waals surface area (Å²) in [5.41, 5.74) is 5.30. The summed E-state index contributed by atoms with van der Waals surface area (Å²) < 4.78 is 18.1. The molecule has 3 N–H and O–H groups in total. The highest BCUT2D eigenvalue weighted by molar-refractivity contribution is 5.38. The number of nitrogens with one attached hydrogen (secondary N) is 1. The highest BCUT2D eigenvalue weighted by atomic mass is 19.1. The van der Waals surface area contributed by atoms with Crippen molar-refractivity contribution in [1.29, 1.82) is 0 Å². The van der Waals surface area contributed by atoms with Crippen molar-refractivity contribution in [1.82, 2.24) is 9.97 Å². The first-order chi connectivity index (χ1) is 6.74. The molecule has 0 aromatic carbocycles. The van der Waals surface area contributed by atoms with Crippen LogP contribution >= 0.6 is 0 Å². The van der Waals surface area contributed by atoms with E-state index in [0.29, 0.717) is 19.8 Å². The minimum Gasteiger partial charge on any atom is -0.380 e. The van der Waals surface area contributed by atoms with Crippen LogP contribution in [0.4, 0.5) is 16.2 Å². The van der Waals surface area contributed by atoms with Crippen molar-refractivity contribution < 1.29 is 9.13 Å². The summed E-state index contributed by atoms with van der Waals surface area (Å²) in [6, 6.07) is 0. The van der Waals surface area contributed by atoms with E-state index in [1.165, 1.54) is 0 Å². The fraction of sp³-hybridized carbons (Fsp3) is 0.500. The molecule has 0 aliphatic heterocycles. The summed E-state index contributed by atoms with van der Waals surface area (Å²) in [6.45, 7) is 3.51. The molecule has 0 saturated heterocycles. The molecule has 0 unspecified atom stereocenters. The van der Waals surface area contributed by atoms with Crippen LogP contribution in [0.3, 0.4) is 0 Å². The maximum absolute atomic E-state index is 13.0. The van der Waals surface area contributed by atoms with Gasteiger partial charge in [0.25, 0.3) is 0 Å². The lowest BCUT2D eigenvalue weighted by molar-refractivity contribution is 0.158. The van der Waals surface area contributed by atoms with Crippen LogP contribution in [0.2, 0.25) is 0 Å². The van der Waals surface area contributed by atoms with Gasteiger partial charge in [-0.25, -0.2) is 9.37 Å². The van der Waals surface area contributed by atoms with E-state index in [9.17, 15) is 4.39 Å². The minimum atomic E-state index is -0.518. The van der Waals surface area contributed by atoms with E-state index in [1.807, 2.05) is 6.92 Å². The van der Waals surface area contributed by atoms with Gasteiger partial charge in [-0.2, -0.15) is 4.98 Å². The topological polar surface area (TPSA) is 73.1 Å². The van der Waals surface area contributed by atoms with E-state index < -0.39 is 5.82 Å². The Labute approximate surface area is 81.5 Å². The Morgan fingerprint density at radius 3 is 3.14 bits per heavy atom. The van der Waals surface area contributed by atoms with Crippen LogP contribution in [0.25, 0.3) is 0 Å². The van der Waals surface area contributed by atoms with Gasteiger partial charge in [0.1, 0.15) is 0 Å². The predicted octanol–water partition coefficient (Wildman–Crippen LogP) is 0.646. The number of ether oxygens (including phenoxy) is 1. The molecule has 5 nitrogen and oxygen atoms in total. The first-order valence-electron chi connectivity index (χ1n) is 4.33. The van der Waals surface area contributed by atoms with Crippen molar-refractivity contribution in [3.63, 3.8) is 0 Å². The molecule has 0 aliphatic carbocycles. The molecular formula is C8H13FN4O. The van der Waals surface area contributed by atoms with Crippen LogP contribution in [0.1, 0.15) is 6.92 Å². The van der Waals surface area contributed by atoms with Gasteiger partial charge in [-0.05, 0) is 6.92 Å². The van der Waals surface area contributed by atoms with E-state index in [1.54, 1.807) is 0 Å². The molecule has 14 heavy (non-hydrogen) atoms. The van der Waals surface area contributed by atoms with Gasteiger partial charge in [0, 0.05) is 13.2 Å². The number of nitrogens with zero attached hydrogens (tertiary/aromatic N) is 2. The van der Waals surface area contributed by atoms with Crippen LogP contribution < -0.4 is 11.1 Å². The van der Waals surface area contributed by atoms with Gasteiger partial charge in [-0.3, -0.25) is 0 Å². The Balaban J connectivity index is 2.45. The predicted molar refractivity (Wildman–Crippen MR) is 51.4 cm³/mol. The molecule has 0 radical (unpaired) electrons. The standard InChI is InChI=1S/C8H13FN4O/c1-2-14-4-3-11-7-6(9)5-12-8(10)13-7/h5H,2-4H2,1H3,(H3,10,11,12,13). The number of nitrogens with two attached hydrogens (primary N) is 1. The highest BCUT2D eigenvalue weighted by Gasteiger charge is 2.03. The van der Waals surface area contributed by atoms with E-state index in [2.05, 4.69) is 15.3 Å². The first-order valence-corrected chi connectivity index (χ1v) is 4.33. The Bertz CT molecular complexity index is 295. The van der Waals surface area contributed by atoms with E-state index in [4.69, 9.17) is 10.5 Å². The molecule has 0 spiro atoms. The van der Waals surface area contributed by atoms with Gasteiger partial charge in [-0.15, -0.1) is 0 Å². The quantitative estimate of drug-likeness (QED) is 0.682. The van der Waals surface area contributed by atoms with Crippen molar-refractivity contribution >= 4 is 11.8 Å². The molecule has 1 aromatic heterocycles. The Morgan fingerprint density at radius 2 is 2.43 bits per heavy atom. The van der Waals surface area contributed by atoms with E-state index in [-0.39, 0.29) is 11.8 Å². The molecular weight excluding hydrogens is 187 g/mol. The van der Waals surface area contributed by atoms with Crippen molar-refractivity contribution in [2.75, 3.05) is 30.8 Å². The second-order valence-corrected chi connectivity index (χ2v) is 2.55. The number of aromatic nitrogens is 2. The lowest BCUT2D eigenvalue weighted by Crippen LogP contribution is -2.12. The maximum atomic E-state index is 13.0. The zero-order valence-electron chi connectivity index (χ0n) is 7.96. The van der Waals surface area contributed by atoms with Crippen molar-refractivity contribution in [3.8, 4) is 0 Å². The molecule has 0 amide bonds. The van der Waals surface area contributed by atoms with Crippen molar-refractivity contribution in [3.05, 3.63) is 12.0 Å². The molecule has 0 aliphatic rings. The third-order valence-corrected chi connectivity index (χ3v) is 1.51. The van der Waals surface area contributed by atoms with Gasteiger partial charge >= 0.3 is 0 Å². The number of anilines is 2. The average molecular weight is 200 g/mol. The number of rotatable bonds is 5. The Morgan fingerprint density at radius 1 is 1.64 bits per heavy atom. The zero-order valence-corrected chi connectivity index (χ0v) is 7.96. The Hall–Kier alpha value is -1.43. The normalized spacial score (nSPS) is 10.1. The Kier molecular flexibility index (Phi) is 4.06. The summed E-state index contributed by atoms with van der Waals surface area (Å²) in [5.74, 6) is -0.363. The zero-order chi connectivity index (χ0) is 10.4. The van der Waals surface area contributed by atoms with E-state index >= 15 is 0 Å². The molecule has 78 valence electrons. The van der Waals surface area contributed by atoms with Crippen LogP contribution in [0.15, 0.2) is 6.20 Å². The molecule has 0 bridgehead atoms. The van der Waals surface area contributed by atoms with Gasteiger partial charge in [0.05, 0.1) is 12.8 Å². The first kappa shape index (κ1) is 10.6. The minimum absolute atomic E-state index is 0.0466. The summed E-state index contributed by atoms with van der Waals surface area (Å²) in [7, 11) is 0. The molecule has 0 fully saturated rings. The molecule has 1 rings (SSSR count). The monoisotopic (exact) mass is 200 g/mol. The number of nitrogen functional groups attached to an aromatic ring is 1. The second kappa shape index (κ2) is 5.33. The van der Waals surface area contributed by atoms with Crippen LogP contribution in [0.5, 0.6) is 0 Å². The highest BCUT2D eigenvalue weighted by Crippen LogP contribution is 2.09. The number of hydrogen-bond acceptors (Lipinski definition) is 5. The summed E-state index contributed by atoms with van der Waals surface area (Å²) in [6.07, 6.45) is 1.03. The van der Waals surface area contributed by atoms with Crippen LogP contribution in [-0.4, -0.2) is 29.7 Å². The molecule has 1 heterocycles. The fourth-order valence-corrected chi connectivity index (χ4v) is 0.891. The van der Waals surface area contributed by atoms with Crippen molar-refractivity contribution in [2.45, 2.75) is 6.92 Å². The third-order valence-electron chi connectivity index (χ3n) is 1.51. The van der Waals surface area contributed by atoms with Gasteiger partial charge < -0.3 is 15.8 Å². The van der Waals surface area contributed by atoms with Gasteiger partial charge in [0.15, 0.2) is 11.6 Å². The number of hydrogen-bond donors (Lipinski definition) is 2. The van der Waals surface area contributed by atoms with Gasteiger partial charge in [-0.1, -0.05) is 0 Å². The summed E-state index contributed by atoms with van der Waals surface area (Å²) in [4.78, 5) is 7.20. The summed E-state index contributed by atoms with van der Waals surface area (Å²) in [5, 5.41) is 2.76. The van der Waals surface area contributed by atoms with Crippen LogP contribution in [0, 0.1) is 5.82 Å². The average Bonchev–Trinajstić information content (AvgIpc) is 2.18. The molecule has 0 atom stereocenters. The molecule has 6 heteroatoms. The molecule has 1 aromatic rings. The second-order valence-electron chi connectivity index (χ2n) is 2.55. The van der Waals surface area contributed by atoms with Crippen LogP contribution in [-0.2, 0) is 4.74 Å². The summed E-state index contributed by atoms with van der Waals surface area (Å²) >= 11 is 0. The smallest absolute Gasteiger partial charge is 0.222 e. The molecule has 0 saturated carbocycles. The third kappa shape index (κ3) is 3.14. The largest absolute Gasteiger partial charge is 0.380 e. The van der Waals surface area contributed by atoms with Crippen molar-refractivity contribution in [2.24, 2.45) is 0 Å². The lowest BCUT2D eigenvalue weighted by Gasteiger charge is -2.06. The fourth-order valence-electron chi connectivity index (χ4n) is 0.891. The SMILES string of the molecule is CCOCCNc1nc(N)ncc1F. The lowest BCUT2D eigenvalue weighted by atomic mass is 10.5. The van der Waals surface area contributed by atoms with E-state index in [0.717, 1.165) is 6.20 Å². The number of halogens is 1.